The molecular formula is C22H22F4N2O3S. The largest absolute Gasteiger partial charge is 0.497 e. The van der Waals surface area contributed by atoms with Gasteiger partial charge in [-0.2, -0.15) is 24.9 Å². The molecule has 0 aliphatic rings. The van der Waals surface area contributed by atoms with Crippen molar-refractivity contribution in [2.75, 3.05) is 23.9 Å². The van der Waals surface area contributed by atoms with Crippen molar-refractivity contribution in [2.24, 2.45) is 0 Å². The molecule has 0 aliphatic heterocycles. The third-order valence-electron chi connectivity index (χ3n) is 5.08. The summed E-state index contributed by atoms with van der Waals surface area (Å²) in [5.41, 5.74) is -3.46. The van der Waals surface area contributed by atoms with Crippen LogP contribution in [0.25, 0.3) is 10.9 Å². The zero-order valence-electron chi connectivity index (χ0n) is 17.3. The normalized spacial score (nSPS) is 14.7. The van der Waals surface area contributed by atoms with Crippen molar-refractivity contribution in [3.05, 3.63) is 70.3 Å². The molecule has 5 nitrogen and oxygen atoms in total. The number of halogens is 4. The number of pyridine rings is 1. The summed E-state index contributed by atoms with van der Waals surface area (Å²) in [5.74, 6) is -1.21. The molecule has 0 radical (unpaired) electrons. The van der Waals surface area contributed by atoms with Crippen LogP contribution in [0, 0.1) is 5.82 Å². The monoisotopic (exact) mass is 470 g/mol. The first-order chi connectivity index (χ1) is 15.1. The van der Waals surface area contributed by atoms with Gasteiger partial charge in [0.2, 0.25) is 5.56 Å². The van der Waals surface area contributed by atoms with Gasteiger partial charge in [-0.1, -0.05) is 19.1 Å². The summed E-state index contributed by atoms with van der Waals surface area (Å²) in [4.78, 5) is 14.2. The van der Waals surface area contributed by atoms with Crippen LogP contribution in [0.4, 0.5) is 23.2 Å². The fourth-order valence-electron chi connectivity index (χ4n) is 3.38. The van der Waals surface area contributed by atoms with Crippen LogP contribution >= 0.6 is 11.8 Å². The molecule has 3 rings (SSSR count). The number of methoxy groups -OCH3 is 1. The Bertz CT molecular complexity index is 1150. The molecule has 2 atom stereocenters. The summed E-state index contributed by atoms with van der Waals surface area (Å²) in [6, 6.07) is 8.88. The number of hydrogen-bond acceptors (Lipinski definition) is 5. The lowest BCUT2D eigenvalue weighted by atomic mass is 9.88. The molecular weight excluding hydrogens is 448 g/mol. The average molecular weight is 470 g/mol. The Morgan fingerprint density at radius 3 is 2.56 bits per heavy atom. The van der Waals surface area contributed by atoms with E-state index in [1.165, 1.54) is 37.4 Å². The predicted octanol–water partition coefficient (Wildman–Crippen LogP) is 4.88. The lowest BCUT2D eigenvalue weighted by Gasteiger charge is -2.39. The molecule has 1 aromatic heterocycles. The van der Waals surface area contributed by atoms with Gasteiger partial charge in [-0.3, -0.25) is 4.79 Å². The molecule has 3 aromatic rings. The SMILES string of the molecule is CCSC[C@@](O)([C@@H](Nc1cccc2[nH]c(=O)ccc12)c1ccc(OC)cc1F)C(F)(F)F. The van der Waals surface area contributed by atoms with Gasteiger partial charge in [-0.15, -0.1) is 0 Å². The lowest BCUT2D eigenvalue weighted by molar-refractivity contribution is -0.256. The highest BCUT2D eigenvalue weighted by molar-refractivity contribution is 7.99. The molecule has 3 N–H and O–H groups in total. The number of aromatic nitrogens is 1. The van der Waals surface area contributed by atoms with Crippen LogP contribution in [0.15, 0.2) is 53.3 Å². The summed E-state index contributed by atoms with van der Waals surface area (Å²) in [6.45, 7) is 1.67. The van der Waals surface area contributed by atoms with Gasteiger partial charge in [0.1, 0.15) is 11.6 Å². The first-order valence-corrected chi connectivity index (χ1v) is 10.8. The Morgan fingerprint density at radius 2 is 1.94 bits per heavy atom. The number of anilines is 1. The van der Waals surface area contributed by atoms with E-state index in [9.17, 15) is 27.5 Å². The standard InChI is InChI=1S/C22H22F4N2O3S/c1-3-32-12-21(30,22(24,25)26)20(14-8-7-13(31-2)11-16(14)23)28-18-6-4-5-17-15(18)9-10-19(29)27-17/h4-11,20,28,30H,3,12H2,1-2H3,(H,27,29)/t20-,21+/m0/s1. The van der Waals surface area contributed by atoms with Gasteiger partial charge >= 0.3 is 6.18 Å². The highest BCUT2D eigenvalue weighted by Crippen LogP contribution is 2.45. The molecule has 0 bridgehead atoms. The van der Waals surface area contributed by atoms with Crippen molar-refractivity contribution in [2.45, 2.75) is 24.7 Å². The van der Waals surface area contributed by atoms with Gasteiger partial charge in [0.05, 0.1) is 18.7 Å². The summed E-state index contributed by atoms with van der Waals surface area (Å²) in [7, 11) is 1.31. The Hall–Kier alpha value is -2.72. The number of hydrogen-bond donors (Lipinski definition) is 3. The highest BCUT2D eigenvalue weighted by Gasteiger charge is 2.59. The van der Waals surface area contributed by atoms with Crippen molar-refractivity contribution < 1.29 is 27.4 Å². The Morgan fingerprint density at radius 1 is 1.19 bits per heavy atom. The molecule has 1 heterocycles. The maximum Gasteiger partial charge on any atom is 0.420 e. The lowest BCUT2D eigenvalue weighted by Crippen LogP contribution is -2.55. The zero-order valence-corrected chi connectivity index (χ0v) is 18.1. The fraction of sp³-hybridized carbons (Fsp3) is 0.318. The topological polar surface area (TPSA) is 74.4 Å². The second kappa shape index (κ2) is 9.41. The molecule has 0 saturated carbocycles. The molecule has 0 fully saturated rings. The maximum atomic E-state index is 14.9. The minimum absolute atomic E-state index is 0.131. The Labute approximate surface area is 185 Å². The first kappa shape index (κ1) is 23.9. The van der Waals surface area contributed by atoms with E-state index in [2.05, 4.69) is 10.3 Å². The van der Waals surface area contributed by atoms with Gasteiger partial charge in [0, 0.05) is 34.5 Å². The van der Waals surface area contributed by atoms with Crippen molar-refractivity contribution in [3.63, 3.8) is 0 Å². The highest BCUT2D eigenvalue weighted by atomic mass is 32.2. The molecule has 172 valence electrons. The number of fused-ring (bicyclic) bond motifs is 1. The van der Waals surface area contributed by atoms with Gasteiger partial charge in [-0.05, 0) is 30.0 Å². The minimum Gasteiger partial charge on any atom is -0.497 e. The third-order valence-corrected chi connectivity index (χ3v) is 6.13. The second-order valence-corrected chi connectivity index (χ2v) is 8.39. The van der Waals surface area contributed by atoms with Gasteiger partial charge < -0.3 is 20.1 Å². The number of ether oxygens (including phenoxy) is 1. The van der Waals surface area contributed by atoms with Crippen LogP contribution in [0.5, 0.6) is 5.75 Å². The zero-order chi connectivity index (χ0) is 23.5. The van der Waals surface area contributed by atoms with E-state index in [0.717, 1.165) is 23.9 Å². The van der Waals surface area contributed by atoms with Crippen LogP contribution in [-0.4, -0.2) is 40.5 Å². The predicted molar refractivity (Wildman–Crippen MR) is 118 cm³/mol. The van der Waals surface area contributed by atoms with Crippen molar-refractivity contribution >= 4 is 28.4 Å². The number of alkyl halides is 3. The van der Waals surface area contributed by atoms with E-state index in [0.29, 0.717) is 16.7 Å². The number of aliphatic hydroxyl groups is 1. The number of rotatable bonds is 8. The molecule has 32 heavy (non-hydrogen) atoms. The van der Waals surface area contributed by atoms with Crippen LogP contribution < -0.4 is 15.6 Å². The summed E-state index contributed by atoms with van der Waals surface area (Å²) >= 11 is 0.890. The number of nitrogens with one attached hydrogen (secondary N) is 2. The van der Waals surface area contributed by atoms with Crippen LogP contribution in [-0.2, 0) is 0 Å². The smallest absolute Gasteiger partial charge is 0.420 e. The van der Waals surface area contributed by atoms with Crippen LogP contribution in [0.1, 0.15) is 18.5 Å². The minimum atomic E-state index is -5.07. The number of H-pyrrole nitrogens is 1. The maximum absolute atomic E-state index is 14.9. The fourth-order valence-corrected chi connectivity index (χ4v) is 4.22. The summed E-state index contributed by atoms with van der Waals surface area (Å²) in [6.07, 6.45) is -5.07. The van der Waals surface area contributed by atoms with E-state index in [1.54, 1.807) is 13.0 Å². The number of thioether (sulfide) groups is 1. The Kier molecular flexibility index (Phi) is 7.04. The Balaban J connectivity index is 2.20. The molecule has 0 aliphatic carbocycles. The van der Waals surface area contributed by atoms with E-state index >= 15 is 0 Å². The molecule has 0 saturated heterocycles. The van der Waals surface area contributed by atoms with E-state index in [-0.39, 0.29) is 22.6 Å². The molecule has 0 unspecified atom stereocenters. The van der Waals surface area contributed by atoms with Crippen molar-refractivity contribution in [1.82, 2.24) is 4.98 Å². The number of benzene rings is 2. The molecule has 2 aromatic carbocycles. The number of aromatic amines is 1. The van der Waals surface area contributed by atoms with E-state index in [1.807, 2.05) is 0 Å². The first-order valence-electron chi connectivity index (χ1n) is 9.69. The van der Waals surface area contributed by atoms with Crippen molar-refractivity contribution in [3.8, 4) is 5.75 Å². The third kappa shape index (κ3) is 4.71. The van der Waals surface area contributed by atoms with Crippen LogP contribution in [0.2, 0.25) is 0 Å². The molecule has 10 heteroatoms. The average Bonchev–Trinajstić information content (AvgIpc) is 2.75. The van der Waals surface area contributed by atoms with Gasteiger partial charge in [-0.25, -0.2) is 4.39 Å². The van der Waals surface area contributed by atoms with Gasteiger partial charge in [0.25, 0.3) is 0 Å². The van der Waals surface area contributed by atoms with E-state index in [4.69, 9.17) is 4.74 Å². The van der Waals surface area contributed by atoms with Gasteiger partial charge in [0.15, 0.2) is 5.60 Å². The summed E-state index contributed by atoms with van der Waals surface area (Å²) in [5, 5.41) is 14.1. The molecule has 0 amide bonds. The second-order valence-electron chi connectivity index (χ2n) is 7.11. The quantitative estimate of drug-likeness (QED) is 0.410. The summed E-state index contributed by atoms with van der Waals surface area (Å²) < 4.78 is 62.5. The van der Waals surface area contributed by atoms with Crippen molar-refractivity contribution in [1.29, 1.82) is 0 Å². The van der Waals surface area contributed by atoms with Crippen LogP contribution in [0.3, 0.4) is 0 Å². The molecule has 0 spiro atoms. The van der Waals surface area contributed by atoms with E-state index < -0.39 is 29.4 Å².